The van der Waals surface area contributed by atoms with Gasteiger partial charge >= 0.3 is 0 Å². The molecule has 126 valence electrons. The summed E-state index contributed by atoms with van der Waals surface area (Å²) in [7, 11) is 1.68. The molecule has 0 saturated heterocycles. The molecule has 0 aliphatic heterocycles. The number of halogens is 1. The molecule has 1 N–H and O–H groups in total. The first-order valence-corrected chi connectivity index (χ1v) is 7.68. The van der Waals surface area contributed by atoms with Gasteiger partial charge in [0.25, 0.3) is 0 Å². The number of benzene rings is 1. The summed E-state index contributed by atoms with van der Waals surface area (Å²) in [6.45, 7) is 0.807. The lowest BCUT2D eigenvalue weighted by molar-refractivity contribution is -0.135. The minimum atomic E-state index is -0.347. The van der Waals surface area contributed by atoms with E-state index < -0.39 is 0 Å². The van der Waals surface area contributed by atoms with Crippen molar-refractivity contribution >= 4 is 11.8 Å². The molecule has 6 heteroatoms. The standard InChI is InChI=1S/C18H20FN3O2/c1-22(11-8-14-6-9-20-10-7-14)18(24)12-17(23)21-13-15-2-4-16(19)5-3-15/h2-7,9-10H,8,11-13H2,1H3,(H,21,23). The van der Waals surface area contributed by atoms with E-state index in [1.807, 2.05) is 12.1 Å². The van der Waals surface area contributed by atoms with Crippen LogP contribution >= 0.6 is 0 Å². The third-order valence-electron chi connectivity index (χ3n) is 3.63. The third kappa shape index (κ3) is 5.79. The van der Waals surface area contributed by atoms with Crippen molar-refractivity contribution in [3.05, 3.63) is 65.7 Å². The fraction of sp³-hybridized carbons (Fsp3) is 0.278. The molecule has 1 heterocycles. The number of rotatable bonds is 7. The van der Waals surface area contributed by atoms with Crippen molar-refractivity contribution in [3.63, 3.8) is 0 Å². The zero-order valence-corrected chi connectivity index (χ0v) is 13.5. The molecule has 2 rings (SSSR count). The first kappa shape index (κ1) is 17.6. The zero-order chi connectivity index (χ0) is 17.4. The highest BCUT2D eigenvalue weighted by Gasteiger charge is 2.13. The smallest absolute Gasteiger partial charge is 0.231 e. The highest BCUT2D eigenvalue weighted by atomic mass is 19.1. The zero-order valence-electron chi connectivity index (χ0n) is 13.5. The van der Waals surface area contributed by atoms with Gasteiger partial charge in [-0.3, -0.25) is 14.6 Å². The third-order valence-corrected chi connectivity index (χ3v) is 3.63. The number of nitrogens with zero attached hydrogens (tertiary/aromatic N) is 2. The van der Waals surface area contributed by atoms with Crippen LogP contribution in [0.2, 0.25) is 0 Å². The van der Waals surface area contributed by atoms with Crippen LogP contribution in [0.25, 0.3) is 0 Å². The molecule has 1 aromatic carbocycles. The molecule has 0 bridgehead atoms. The number of amides is 2. The van der Waals surface area contributed by atoms with E-state index in [0.29, 0.717) is 13.0 Å². The van der Waals surface area contributed by atoms with Gasteiger partial charge in [-0.25, -0.2) is 4.39 Å². The fourth-order valence-electron chi connectivity index (χ4n) is 2.11. The summed E-state index contributed by atoms with van der Waals surface area (Å²) in [6.07, 6.45) is 3.93. The van der Waals surface area contributed by atoms with Crippen molar-refractivity contribution in [2.45, 2.75) is 19.4 Å². The molecule has 0 saturated carbocycles. The SMILES string of the molecule is CN(CCc1ccncc1)C(=O)CC(=O)NCc1ccc(F)cc1. The Hall–Kier alpha value is -2.76. The van der Waals surface area contributed by atoms with Crippen LogP contribution in [-0.2, 0) is 22.6 Å². The van der Waals surface area contributed by atoms with Gasteiger partial charge in [-0.1, -0.05) is 12.1 Å². The number of aromatic nitrogens is 1. The summed E-state index contributed by atoms with van der Waals surface area (Å²) in [5, 5.41) is 2.66. The average Bonchev–Trinajstić information content (AvgIpc) is 2.60. The topological polar surface area (TPSA) is 62.3 Å². The molecule has 24 heavy (non-hydrogen) atoms. The van der Waals surface area contributed by atoms with Gasteiger partial charge < -0.3 is 10.2 Å². The Balaban J connectivity index is 1.72. The maximum absolute atomic E-state index is 12.8. The quantitative estimate of drug-likeness (QED) is 0.790. The molecule has 1 aromatic heterocycles. The Bertz CT molecular complexity index is 674. The van der Waals surface area contributed by atoms with E-state index in [-0.39, 0.29) is 30.6 Å². The van der Waals surface area contributed by atoms with Gasteiger partial charge in [0.1, 0.15) is 12.2 Å². The fourth-order valence-corrected chi connectivity index (χ4v) is 2.11. The van der Waals surface area contributed by atoms with E-state index in [4.69, 9.17) is 0 Å². The predicted molar refractivity (Wildman–Crippen MR) is 88.4 cm³/mol. The van der Waals surface area contributed by atoms with Crippen LogP contribution in [-0.4, -0.2) is 35.3 Å². The molecule has 0 aliphatic carbocycles. The monoisotopic (exact) mass is 329 g/mol. The van der Waals surface area contributed by atoms with Crippen LogP contribution in [0.3, 0.4) is 0 Å². The van der Waals surface area contributed by atoms with Gasteiger partial charge in [0.15, 0.2) is 0 Å². The van der Waals surface area contributed by atoms with Crippen LogP contribution in [0.15, 0.2) is 48.8 Å². The number of carbonyl (C=O) groups is 2. The van der Waals surface area contributed by atoms with E-state index in [1.54, 1.807) is 31.6 Å². The maximum Gasteiger partial charge on any atom is 0.231 e. The van der Waals surface area contributed by atoms with E-state index in [1.165, 1.54) is 17.0 Å². The van der Waals surface area contributed by atoms with Gasteiger partial charge in [0.05, 0.1) is 0 Å². The number of carbonyl (C=O) groups excluding carboxylic acids is 2. The Labute approximate surface area is 140 Å². The summed E-state index contributed by atoms with van der Waals surface area (Å²) >= 11 is 0. The van der Waals surface area contributed by atoms with E-state index in [2.05, 4.69) is 10.3 Å². The molecule has 0 spiro atoms. The van der Waals surface area contributed by atoms with Crippen molar-refractivity contribution in [2.24, 2.45) is 0 Å². The number of hydrogen-bond acceptors (Lipinski definition) is 3. The van der Waals surface area contributed by atoms with Crippen LogP contribution in [0.5, 0.6) is 0 Å². The summed E-state index contributed by atoms with van der Waals surface area (Å²) in [4.78, 5) is 29.3. The molecule has 2 amide bonds. The number of nitrogens with one attached hydrogen (secondary N) is 1. The first-order chi connectivity index (χ1) is 11.5. The van der Waals surface area contributed by atoms with Crippen LogP contribution < -0.4 is 5.32 Å². The maximum atomic E-state index is 12.8. The van der Waals surface area contributed by atoms with E-state index in [0.717, 1.165) is 11.1 Å². The summed E-state index contributed by atoms with van der Waals surface area (Å²) in [5.41, 5.74) is 1.87. The van der Waals surface area contributed by atoms with Crippen LogP contribution in [0.1, 0.15) is 17.5 Å². The van der Waals surface area contributed by atoms with Crippen LogP contribution in [0.4, 0.5) is 4.39 Å². The van der Waals surface area contributed by atoms with Crippen LogP contribution in [0, 0.1) is 5.82 Å². The van der Waals surface area contributed by atoms with Gasteiger partial charge in [0.2, 0.25) is 11.8 Å². The second-order valence-electron chi connectivity index (χ2n) is 5.50. The van der Waals surface area contributed by atoms with Crippen molar-refractivity contribution in [1.29, 1.82) is 0 Å². The van der Waals surface area contributed by atoms with Crippen molar-refractivity contribution in [2.75, 3.05) is 13.6 Å². The lowest BCUT2D eigenvalue weighted by atomic mass is 10.2. The van der Waals surface area contributed by atoms with Crippen molar-refractivity contribution in [1.82, 2.24) is 15.2 Å². The molecule has 2 aromatic rings. The van der Waals surface area contributed by atoms with Gasteiger partial charge in [-0.05, 0) is 41.8 Å². The van der Waals surface area contributed by atoms with E-state index in [9.17, 15) is 14.0 Å². The largest absolute Gasteiger partial charge is 0.352 e. The molecular weight excluding hydrogens is 309 g/mol. The van der Waals surface area contributed by atoms with Crippen molar-refractivity contribution < 1.29 is 14.0 Å². The molecule has 0 radical (unpaired) electrons. The number of pyridine rings is 1. The second-order valence-corrected chi connectivity index (χ2v) is 5.50. The van der Waals surface area contributed by atoms with Gasteiger partial charge in [-0.2, -0.15) is 0 Å². The predicted octanol–water partition coefficient (Wildman–Crippen LogP) is 1.93. The average molecular weight is 329 g/mol. The van der Waals surface area contributed by atoms with Crippen molar-refractivity contribution in [3.8, 4) is 0 Å². The molecule has 0 fully saturated rings. The minimum Gasteiger partial charge on any atom is -0.352 e. The summed E-state index contributed by atoms with van der Waals surface area (Å²) in [5.74, 6) is -0.906. The molecule has 0 unspecified atom stereocenters. The molecular formula is C18H20FN3O2. The molecule has 0 aliphatic rings. The Morgan fingerprint density at radius 3 is 2.42 bits per heavy atom. The normalized spacial score (nSPS) is 10.2. The highest BCUT2D eigenvalue weighted by molar-refractivity contribution is 5.96. The van der Waals surface area contributed by atoms with E-state index >= 15 is 0 Å². The second kappa shape index (κ2) is 8.76. The van der Waals surface area contributed by atoms with Gasteiger partial charge in [-0.15, -0.1) is 0 Å². The lowest BCUT2D eigenvalue weighted by Crippen LogP contribution is -2.34. The number of likely N-dealkylation sites (N-methyl/N-ethyl adjacent to an activating group) is 1. The number of hydrogen-bond donors (Lipinski definition) is 1. The summed E-state index contributed by atoms with van der Waals surface area (Å²) < 4.78 is 12.8. The molecule has 5 nitrogen and oxygen atoms in total. The Morgan fingerprint density at radius 2 is 1.75 bits per heavy atom. The minimum absolute atomic E-state index is 0.200. The Morgan fingerprint density at radius 1 is 1.08 bits per heavy atom. The molecule has 0 atom stereocenters. The van der Waals surface area contributed by atoms with Gasteiger partial charge in [0, 0.05) is 32.5 Å². The Kier molecular flexibility index (Phi) is 6.42. The lowest BCUT2D eigenvalue weighted by Gasteiger charge is -2.17. The first-order valence-electron chi connectivity index (χ1n) is 7.68. The summed E-state index contributed by atoms with van der Waals surface area (Å²) in [6, 6.07) is 9.65. The highest BCUT2D eigenvalue weighted by Crippen LogP contribution is 2.03.